The molecular weight excluding hydrogens is 288 g/mol. The third-order valence-electron chi connectivity index (χ3n) is 2.48. The zero-order valence-electron chi connectivity index (χ0n) is 10.2. The molecule has 0 aliphatic rings. The number of rotatable bonds is 4. The molecule has 0 spiro atoms. The first-order valence-electron chi connectivity index (χ1n) is 5.53. The number of nitrogens with zero attached hydrogens (tertiary/aromatic N) is 1. The van der Waals surface area contributed by atoms with Gasteiger partial charge in [-0.3, -0.25) is 10.1 Å². The van der Waals surface area contributed by atoms with Crippen molar-refractivity contribution < 1.29 is 28.3 Å². The first-order valence-corrected chi connectivity index (χ1v) is 5.53. The molecule has 0 heterocycles. The van der Waals surface area contributed by atoms with Crippen LogP contribution in [0, 0.1) is 21.7 Å². The summed E-state index contributed by atoms with van der Waals surface area (Å²) in [5, 5.41) is 19.6. The van der Waals surface area contributed by atoms with E-state index in [1.807, 2.05) is 0 Å². The standard InChI is InChI=1S/C13H7F2NO5/c14-8-5-10(15)12(16(19)20)11(6-8)21-9-3-1-2-7(4-9)13(17)18/h1-6H,(H,17,18). The topological polar surface area (TPSA) is 89.7 Å². The molecule has 0 bridgehead atoms. The molecule has 0 aromatic heterocycles. The van der Waals surface area contributed by atoms with Gasteiger partial charge in [0.1, 0.15) is 11.6 Å². The van der Waals surface area contributed by atoms with Gasteiger partial charge in [0.05, 0.1) is 10.5 Å². The molecule has 0 fully saturated rings. The predicted octanol–water partition coefficient (Wildman–Crippen LogP) is 3.36. The maximum absolute atomic E-state index is 13.4. The van der Waals surface area contributed by atoms with Crippen LogP contribution in [0.4, 0.5) is 14.5 Å². The van der Waals surface area contributed by atoms with Crippen molar-refractivity contribution in [2.24, 2.45) is 0 Å². The van der Waals surface area contributed by atoms with Gasteiger partial charge in [-0.1, -0.05) is 6.07 Å². The van der Waals surface area contributed by atoms with E-state index in [9.17, 15) is 23.7 Å². The summed E-state index contributed by atoms with van der Waals surface area (Å²) < 4.78 is 31.6. The Morgan fingerprint density at radius 2 is 1.95 bits per heavy atom. The number of nitro groups is 1. The minimum Gasteiger partial charge on any atom is -0.478 e. The molecule has 0 radical (unpaired) electrons. The van der Waals surface area contributed by atoms with Crippen LogP contribution in [0.2, 0.25) is 0 Å². The summed E-state index contributed by atoms with van der Waals surface area (Å²) in [5.74, 6) is -4.42. The normalized spacial score (nSPS) is 10.2. The largest absolute Gasteiger partial charge is 0.478 e. The van der Waals surface area contributed by atoms with E-state index < -0.39 is 34.0 Å². The van der Waals surface area contributed by atoms with Gasteiger partial charge in [0, 0.05) is 12.1 Å². The number of carboxylic acids is 1. The molecule has 0 unspecified atom stereocenters. The van der Waals surface area contributed by atoms with Crippen LogP contribution >= 0.6 is 0 Å². The highest BCUT2D eigenvalue weighted by molar-refractivity contribution is 5.88. The molecule has 0 amide bonds. The van der Waals surface area contributed by atoms with E-state index in [1.54, 1.807) is 0 Å². The second-order valence-corrected chi connectivity index (χ2v) is 3.93. The first-order chi connectivity index (χ1) is 9.88. The summed E-state index contributed by atoms with van der Waals surface area (Å²) >= 11 is 0. The second-order valence-electron chi connectivity index (χ2n) is 3.93. The number of carbonyl (C=O) groups is 1. The van der Waals surface area contributed by atoms with Gasteiger partial charge in [-0.15, -0.1) is 0 Å². The van der Waals surface area contributed by atoms with Crippen LogP contribution in [0.5, 0.6) is 11.5 Å². The first kappa shape index (κ1) is 14.4. The summed E-state index contributed by atoms with van der Waals surface area (Å²) in [4.78, 5) is 20.5. The van der Waals surface area contributed by atoms with Crippen LogP contribution in [0.15, 0.2) is 36.4 Å². The maximum atomic E-state index is 13.4. The zero-order chi connectivity index (χ0) is 15.6. The Labute approximate surface area is 116 Å². The monoisotopic (exact) mass is 295 g/mol. The van der Waals surface area contributed by atoms with Crippen LogP contribution in [0.1, 0.15) is 10.4 Å². The van der Waals surface area contributed by atoms with Crippen molar-refractivity contribution in [3.05, 3.63) is 63.7 Å². The molecular formula is C13H7F2NO5. The predicted molar refractivity (Wildman–Crippen MR) is 66.5 cm³/mol. The molecule has 108 valence electrons. The van der Waals surface area contributed by atoms with Crippen molar-refractivity contribution in [2.75, 3.05) is 0 Å². The fourth-order valence-corrected chi connectivity index (χ4v) is 1.62. The highest BCUT2D eigenvalue weighted by Gasteiger charge is 2.24. The molecule has 2 aromatic rings. The van der Waals surface area contributed by atoms with Gasteiger partial charge in [0.15, 0.2) is 0 Å². The molecule has 0 aliphatic carbocycles. The Bertz CT molecular complexity index is 732. The highest BCUT2D eigenvalue weighted by Crippen LogP contribution is 2.34. The SMILES string of the molecule is O=C(O)c1cccc(Oc2cc(F)cc(F)c2[N+](=O)[O-])c1. The Kier molecular flexibility index (Phi) is 3.79. The van der Waals surface area contributed by atoms with Crippen LogP contribution < -0.4 is 4.74 Å². The van der Waals surface area contributed by atoms with Gasteiger partial charge < -0.3 is 9.84 Å². The van der Waals surface area contributed by atoms with Crippen molar-refractivity contribution in [1.29, 1.82) is 0 Å². The number of halogens is 2. The zero-order valence-corrected chi connectivity index (χ0v) is 10.2. The van der Waals surface area contributed by atoms with Crippen molar-refractivity contribution in [1.82, 2.24) is 0 Å². The number of hydrogen-bond acceptors (Lipinski definition) is 4. The Morgan fingerprint density at radius 1 is 1.24 bits per heavy atom. The van der Waals surface area contributed by atoms with E-state index >= 15 is 0 Å². The van der Waals surface area contributed by atoms with E-state index in [1.165, 1.54) is 18.2 Å². The molecule has 0 saturated carbocycles. The molecule has 0 atom stereocenters. The summed E-state index contributed by atoms with van der Waals surface area (Å²) in [7, 11) is 0. The van der Waals surface area contributed by atoms with Crippen molar-refractivity contribution in [2.45, 2.75) is 0 Å². The van der Waals surface area contributed by atoms with Crippen LogP contribution in [0.25, 0.3) is 0 Å². The summed E-state index contributed by atoms with van der Waals surface area (Å²) in [5.41, 5.74) is -1.16. The van der Waals surface area contributed by atoms with E-state index in [-0.39, 0.29) is 11.3 Å². The van der Waals surface area contributed by atoms with Gasteiger partial charge in [0.25, 0.3) is 0 Å². The fraction of sp³-hybridized carbons (Fsp3) is 0. The number of aromatic carboxylic acids is 1. The van der Waals surface area contributed by atoms with Crippen LogP contribution in [0.3, 0.4) is 0 Å². The fourth-order valence-electron chi connectivity index (χ4n) is 1.62. The molecule has 21 heavy (non-hydrogen) atoms. The number of benzene rings is 2. The third-order valence-corrected chi connectivity index (χ3v) is 2.48. The quantitative estimate of drug-likeness (QED) is 0.690. The molecule has 1 N–H and O–H groups in total. The lowest BCUT2D eigenvalue weighted by atomic mass is 10.2. The lowest BCUT2D eigenvalue weighted by Crippen LogP contribution is -1.99. The lowest BCUT2D eigenvalue weighted by Gasteiger charge is -2.07. The summed E-state index contributed by atoms with van der Waals surface area (Å²) in [6.45, 7) is 0. The Morgan fingerprint density at radius 3 is 2.57 bits per heavy atom. The maximum Gasteiger partial charge on any atom is 0.347 e. The minimum absolute atomic E-state index is 0.0944. The Hall–Kier alpha value is -3.03. The van der Waals surface area contributed by atoms with E-state index in [4.69, 9.17) is 9.84 Å². The van der Waals surface area contributed by atoms with Crippen LogP contribution in [-0.2, 0) is 0 Å². The molecule has 2 rings (SSSR count). The smallest absolute Gasteiger partial charge is 0.347 e. The van der Waals surface area contributed by atoms with Gasteiger partial charge in [-0.05, 0) is 18.2 Å². The average Bonchev–Trinajstić information content (AvgIpc) is 2.37. The summed E-state index contributed by atoms with van der Waals surface area (Å²) in [6, 6.07) is 6.00. The summed E-state index contributed by atoms with van der Waals surface area (Å²) in [6.07, 6.45) is 0. The van der Waals surface area contributed by atoms with Crippen molar-refractivity contribution in [3.8, 4) is 11.5 Å². The molecule has 2 aromatic carbocycles. The molecule has 6 nitrogen and oxygen atoms in total. The van der Waals surface area contributed by atoms with Gasteiger partial charge in [-0.2, -0.15) is 4.39 Å². The number of hydrogen-bond donors (Lipinski definition) is 1. The van der Waals surface area contributed by atoms with E-state index in [2.05, 4.69) is 0 Å². The number of ether oxygens (including phenoxy) is 1. The third kappa shape index (κ3) is 3.11. The molecule has 8 heteroatoms. The minimum atomic E-state index is -1.38. The van der Waals surface area contributed by atoms with Crippen LogP contribution in [-0.4, -0.2) is 16.0 Å². The lowest BCUT2D eigenvalue weighted by molar-refractivity contribution is -0.388. The van der Waals surface area contributed by atoms with Crippen molar-refractivity contribution >= 4 is 11.7 Å². The highest BCUT2D eigenvalue weighted by atomic mass is 19.1. The van der Waals surface area contributed by atoms with Crippen molar-refractivity contribution in [3.63, 3.8) is 0 Å². The molecule has 0 saturated heterocycles. The molecule has 0 aliphatic heterocycles. The number of carboxylic acid groups (broad SMARTS) is 1. The second kappa shape index (κ2) is 5.53. The average molecular weight is 295 g/mol. The van der Waals surface area contributed by atoms with E-state index in [0.29, 0.717) is 12.1 Å². The van der Waals surface area contributed by atoms with Gasteiger partial charge >= 0.3 is 11.7 Å². The number of nitro benzene ring substituents is 1. The van der Waals surface area contributed by atoms with E-state index in [0.717, 1.165) is 6.07 Å². The van der Waals surface area contributed by atoms with Gasteiger partial charge in [0.2, 0.25) is 11.6 Å². The Balaban J connectivity index is 2.46. The van der Waals surface area contributed by atoms with Gasteiger partial charge in [-0.25, -0.2) is 9.18 Å².